The van der Waals surface area contributed by atoms with E-state index in [9.17, 15) is 9.59 Å². The summed E-state index contributed by atoms with van der Waals surface area (Å²) in [4.78, 5) is 23.8. The van der Waals surface area contributed by atoms with Crippen LogP contribution in [0.25, 0.3) is 0 Å². The number of carbonyl (C=O) groups is 2. The maximum absolute atomic E-state index is 12.2. The van der Waals surface area contributed by atoms with E-state index in [1.807, 2.05) is 13.0 Å². The number of hydrogen-bond donors (Lipinski definition) is 3. The Balaban J connectivity index is 2.03. The fourth-order valence-corrected chi connectivity index (χ4v) is 2.16. The number of aromatic nitrogens is 1. The molecule has 134 valence electrons. The summed E-state index contributed by atoms with van der Waals surface area (Å²) in [6, 6.07) is 6.49. The minimum Gasteiger partial charge on any atom is -0.450 e. The van der Waals surface area contributed by atoms with E-state index in [0.29, 0.717) is 23.9 Å². The van der Waals surface area contributed by atoms with Gasteiger partial charge in [-0.25, -0.2) is 4.79 Å². The lowest BCUT2D eigenvalue weighted by Gasteiger charge is -2.18. The number of aryl methyl sites for hydroxylation is 1. The Labute approximate surface area is 145 Å². The molecule has 8 nitrogen and oxygen atoms in total. The zero-order chi connectivity index (χ0) is 18.4. The molecule has 0 radical (unpaired) electrons. The summed E-state index contributed by atoms with van der Waals surface area (Å²) in [6.45, 7) is 7.35. The van der Waals surface area contributed by atoms with Crippen LogP contribution >= 0.6 is 0 Å². The summed E-state index contributed by atoms with van der Waals surface area (Å²) < 4.78 is 9.80. The Morgan fingerprint density at radius 3 is 2.60 bits per heavy atom. The van der Waals surface area contributed by atoms with Crippen LogP contribution in [0, 0.1) is 13.8 Å². The quantitative estimate of drug-likeness (QED) is 0.741. The molecule has 8 heteroatoms. The summed E-state index contributed by atoms with van der Waals surface area (Å²) in [5.74, 6) is 0.728. The van der Waals surface area contributed by atoms with Crippen molar-refractivity contribution in [2.45, 2.75) is 33.7 Å². The molecule has 3 N–H and O–H groups in total. The molecule has 0 aliphatic heterocycles. The minimum atomic E-state index is -0.520. The topological polar surface area (TPSA) is 105 Å². The van der Waals surface area contributed by atoms with Crippen LogP contribution in [-0.2, 0) is 9.53 Å². The maximum atomic E-state index is 12.2. The molecule has 0 saturated carbocycles. The van der Waals surface area contributed by atoms with E-state index in [1.54, 1.807) is 39.0 Å². The average Bonchev–Trinajstić information content (AvgIpc) is 2.96. The molecule has 25 heavy (non-hydrogen) atoms. The van der Waals surface area contributed by atoms with Gasteiger partial charge in [0.25, 0.3) is 0 Å². The summed E-state index contributed by atoms with van der Waals surface area (Å²) in [5.41, 5.74) is 2.14. The van der Waals surface area contributed by atoms with Gasteiger partial charge in [0.2, 0.25) is 5.91 Å². The van der Waals surface area contributed by atoms with Crippen molar-refractivity contribution in [3.05, 3.63) is 35.6 Å². The Morgan fingerprint density at radius 1 is 1.24 bits per heavy atom. The Bertz CT molecular complexity index is 757. The molecule has 0 spiro atoms. The normalized spacial score (nSPS) is 11.5. The molecule has 1 aromatic carbocycles. The molecular weight excluding hydrogens is 324 g/mol. The van der Waals surface area contributed by atoms with Gasteiger partial charge in [0.1, 0.15) is 11.8 Å². The van der Waals surface area contributed by atoms with Gasteiger partial charge in [-0.3, -0.25) is 10.1 Å². The fourth-order valence-electron chi connectivity index (χ4n) is 2.16. The van der Waals surface area contributed by atoms with Gasteiger partial charge in [-0.1, -0.05) is 11.2 Å². The molecular formula is C17H22N4O4. The molecule has 0 bridgehead atoms. The Morgan fingerprint density at radius 2 is 1.96 bits per heavy atom. The number of carbonyl (C=O) groups excluding carboxylic acids is 2. The molecule has 0 fully saturated rings. The largest absolute Gasteiger partial charge is 0.450 e. The van der Waals surface area contributed by atoms with Gasteiger partial charge < -0.3 is 19.9 Å². The van der Waals surface area contributed by atoms with Crippen molar-refractivity contribution in [3.63, 3.8) is 0 Å². The van der Waals surface area contributed by atoms with Crippen LogP contribution in [0.15, 0.2) is 28.8 Å². The van der Waals surface area contributed by atoms with Crippen molar-refractivity contribution in [3.8, 4) is 0 Å². The summed E-state index contributed by atoms with van der Waals surface area (Å²) in [6.07, 6.45) is -0.519. The van der Waals surface area contributed by atoms with E-state index in [0.717, 1.165) is 11.3 Å². The predicted molar refractivity (Wildman–Crippen MR) is 94.8 cm³/mol. The number of hydrogen-bond acceptors (Lipinski definition) is 6. The second-order valence-electron chi connectivity index (χ2n) is 5.50. The van der Waals surface area contributed by atoms with Crippen molar-refractivity contribution in [2.75, 3.05) is 22.6 Å². The lowest BCUT2D eigenvalue weighted by Crippen LogP contribution is -2.32. The third-order valence-electron chi connectivity index (χ3n) is 3.49. The molecule has 0 saturated heterocycles. The first-order valence-corrected chi connectivity index (χ1v) is 7.94. The standard InChI is InChI=1S/C17H22N4O4/c1-5-24-17(23)19-14-8-6-7-13(11(14)3)18-12(4)16(22)20-15-9-10(2)25-21-15/h6-9,12,18H,5H2,1-4H3,(H,19,23)(H,20,21,22)/t12-/m1/s1. The number of amides is 2. The Kier molecular flexibility index (Phi) is 5.99. The highest BCUT2D eigenvalue weighted by Gasteiger charge is 2.16. The van der Waals surface area contributed by atoms with Gasteiger partial charge in [0.15, 0.2) is 5.82 Å². The first-order valence-electron chi connectivity index (χ1n) is 7.94. The third kappa shape index (κ3) is 4.97. The van der Waals surface area contributed by atoms with Gasteiger partial charge in [-0.05, 0) is 45.4 Å². The van der Waals surface area contributed by atoms with E-state index in [2.05, 4.69) is 21.1 Å². The highest BCUT2D eigenvalue weighted by Crippen LogP contribution is 2.24. The SMILES string of the molecule is CCOC(=O)Nc1cccc(N[C@H](C)C(=O)Nc2cc(C)on2)c1C. The fraction of sp³-hybridized carbons (Fsp3) is 0.353. The van der Waals surface area contributed by atoms with Crippen molar-refractivity contribution < 1.29 is 18.8 Å². The van der Waals surface area contributed by atoms with Crippen LogP contribution in [0.4, 0.5) is 22.0 Å². The minimum absolute atomic E-state index is 0.253. The van der Waals surface area contributed by atoms with Crippen LogP contribution in [0.5, 0.6) is 0 Å². The van der Waals surface area contributed by atoms with Gasteiger partial charge >= 0.3 is 6.09 Å². The zero-order valence-corrected chi connectivity index (χ0v) is 14.7. The number of nitrogens with one attached hydrogen (secondary N) is 3. The monoisotopic (exact) mass is 346 g/mol. The van der Waals surface area contributed by atoms with Crippen molar-refractivity contribution in [1.29, 1.82) is 0 Å². The molecule has 2 amide bonds. The lowest BCUT2D eigenvalue weighted by atomic mass is 10.1. The second kappa shape index (κ2) is 8.18. The number of anilines is 3. The lowest BCUT2D eigenvalue weighted by molar-refractivity contribution is -0.116. The molecule has 1 heterocycles. The van der Waals surface area contributed by atoms with E-state index < -0.39 is 12.1 Å². The van der Waals surface area contributed by atoms with Crippen molar-refractivity contribution >= 4 is 29.2 Å². The molecule has 1 aromatic heterocycles. The van der Waals surface area contributed by atoms with Crippen molar-refractivity contribution in [2.24, 2.45) is 0 Å². The highest BCUT2D eigenvalue weighted by atomic mass is 16.5. The molecule has 0 aliphatic rings. The average molecular weight is 346 g/mol. The number of benzene rings is 1. The number of rotatable bonds is 6. The summed E-state index contributed by atoms with van der Waals surface area (Å²) in [5, 5.41) is 12.2. The van der Waals surface area contributed by atoms with Gasteiger partial charge in [-0.15, -0.1) is 0 Å². The smallest absolute Gasteiger partial charge is 0.411 e. The molecule has 2 aromatic rings. The molecule has 2 rings (SSSR count). The van der Waals surface area contributed by atoms with E-state index in [4.69, 9.17) is 9.26 Å². The maximum Gasteiger partial charge on any atom is 0.411 e. The predicted octanol–water partition coefficient (Wildman–Crippen LogP) is 3.30. The third-order valence-corrected chi connectivity index (χ3v) is 3.49. The molecule has 0 aliphatic carbocycles. The van der Waals surface area contributed by atoms with E-state index >= 15 is 0 Å². The molecule has 1 atom stereocenters. The first-order chi connectivity index (χ1) is 11.9. The number of nitrogens with zero attached hydrogens (tertiary/aromatic N) is 1. The zero-order valence-electron chi connectivity index (χ0n) is 14.7. The van der Waals surface area contributed by atoms with Crippen LogP contribution in [0.3, 0.4) is 0 Å². The van der Waals surface area contributed by atoms with Gasteiger partial charge in [0, 0.05) is 17.4 Å². The van der Waals surface area contributed by atoms with Crippen molar-refractivity contribution in [1.82, 2.24) is 5.16 Å². The number of ether oxygens (including phenoxy) is 1. The van der Waals surface area contributed by atoms with Gasteiger partial charge in [0.05, 0.1) is 6.61 Å². The molecule has 0 unspecified atom stereocenters. The Hall–Kier alpha value is -3.03. The van der Waals surface area contributed by atoms with E-state index in [-0.39, 0.29) is 5.91 Å². The first kappa shape index (κ1) is 18.3. The summed E-state index contributed by atoms with van der Waals surface area (Å²) in [7, 11) is 0. The van der Waals surface area contributed by atoms with Crippen LogP contribution in [0.1, 0.15) is 25.2 Å². The highest BCUT2D eigenvalue weighted by molar-refractivity contribution is 5.96. The van der Waals surface area contributed by atoms with Gasteiger partial charge in [-0.2, -0.15) is 0 Å². The van der Waals surface area contributed by atoms with Crippen LogP contribution in [0.2, 0.25) is 0 Å². The second-order valence-corrected chi connectivity index (χ2v) is 5.50. The summed E-state index contributed by atoms with van der Waals surface area (Å²) >= 11 is 0. The van der Waals surface area contributed by atoms with Crippen LogP contribution in [-0.4, -0.2) is 29.8 Å². The van der Waals surface area contributed by atoms with E-state index in [1.165, 1.54) is 0 Å². The van der Waals surface area contributed by atoms with Crippen LogP contribution < -0.4 is 16.0 Å².